The molecule has 0 atom stereocenters. The topological polar surface area (TPSA) is 54.9 Å². The van der Waals surface area contributed by atoms with Crippen LogP contribution < -0.4 is 5.32 Å². The number of amides is 1. The lowest BCUT2D eigenvalue weighted by Gasteiger charge is -2.18. The summed E-state index contributed by atoms with van der Waals surface area (Å²) in [6.45, 7) is 0. The van der Waals surface area contributed by atoms with Crippen LogP contribution >= 0.6 is 11.3 Å². The average Bonchev–Trinajstić information content (AvgIpc) is 3.19. The average molecular weight is 378 g/mol. The Bertz CT molecular complexity index is 833. The molecular weight excluding hydrogens is 354 g/mol. The molecule has 1 fully saturated rings. The van der Waals surface area contributed by atoms with Crippen molar-refractivity contribution in [1.29, 1.82) is 0 Å². The molecule has 1 amide bonds. The van der Waals surface area contributed by atoms with E-state index in [0.29, 0.717) is 11.0 Å². The molecule has 0 saturated heterocycles. The molecule has 1 aliphatic rings. The zero-order valence-electron chi connectivity index (χ0n) is 15.2. The maximum Gasteiger partial charge on any atom is 0.238 e. The van der Waals surface area contributed by atoms with Crippen molar-refractivity contribution in [3.8, 4) is 0 Å². The Morgan fingerprint density at radius 2 is 1.48 bits per heavy atom. The maximum atomic E-state index is 13.1. The van der Waals surface area contributed by atoms with Gasteiger partial charge in [-0.1, -0.05) is 91.3 Å². The van der Waals surface area contributed by atoms with Crippen LogP contribution in [-0.4, -0.2) is 16.1 Å². The van der Waals surface area contributed by atoms with E-state index in [1.807, 2.05) is 60.7 Å². The molecule has 4 rings (SSSR count). The van der Waals surface area contributed by atoms with Crippen molar-refractivity contribution in [1.82, 2.24) is 10.2 Å². The summed E-state index contributed by atoms with van der Waals surface area (Å²) in [5.74, 6) is 0.0640. The molecule has 2 aromatic carbocycles. The number of nitrogens with one attached hydrogen (secondary N) is 1. The van der Waals surface area contributed by atoms with E-state index in [-0.39, 0.29) is 11.8 Å². The van der Waals surface area contributed by atoms with E-state index in [1.165, 1.54) is 43.4 Å². The smallest absolute Gasteiger partial charge is 0.238 e. The molecule has 5 heteroatoms. The first kappa shape index (κ1) is 17.9. The fraction of sp³-hybridized carbons (Fsp3) is 0.318. The zero-order valence-corrected chi connectivity index (χ0v) is 16.0. The number of carbonyl (C=O) groups is 1. The standard InChI is InChI=1S/C22H23N3OS/c26-20(23-22-25-24-21(27-22)18-14-8-3-9-15-18)19(16-10-4-1-5-11-16)17-12-6-2-7-13-17/h1-2,4-7,10-13,18-19H,3,8-9,14-15H2,(H,23,25,26). The van der Waals surface area contributed by atoms with E-state index in [4.69, 9.17) is 0 Å². The molecule has 27 heavy (non-hydrogen) atoms. The lowest BCUT2D eigenvalue weighted by molar-refractivity contribution is -0.116. The van der Waals surface area contributed by atoms with Crippen LogP contribution in [0.15, 0.2) is 60.7 Å². The maximum absolute atomic E-state index is 13.1. The molecule has 0 unspecified atom stereocenters. The van der Waals surface area contributed by atoms with Gasteiger partial charge >= 0.3 is 0 Å². The van der Waals surface area contributed by atoms with Crippen LogP contribution in [0.3, 0.4) is 0 Å². The van der Waals surface area contributed by atoms with Gasteiger partial charge in [0.05, 0.1) is 5.92 Å². The van der Waals surface area contributed by atoms with Gasteiger partial charge in [0, 0.05) is 5.92 Å². The van der Waals surface area contributed by atoms with Crippen LogP contribution in [0.1, 0.15) is 60.1 Å². The van der Waals surface area contributed by atoms with Crippen LogP contribution in [0, 0.1) is 0 Å². The molecule has 1 saturated carbocycles. The lowest BCUT2D eigenvalue weighted by Crippen LogP contribution is -2.22. The van der Waals surface area contributed by atoms with Gasteiger partial charge in [-0.2, -0.15) is 0 Å². The van der Waals surface area contributed by atoms with Crippen LogP contribution in [0.25, 0.3) is 0 Å². The van der Waals surface area contributed by atoms with Gasteiger partial charge in [0.15, 0.2) is 0 Å². The minimum absolute atomic E-state index is 0.0706. The van der Waals surface area contributed by atoms with E-state index in [2.05, 4.69) is 15.5 Å². The first-order valence-electron chi connectivity index (χ1n) is 9.55. The second kappa shape index (κ2) is 8.44. The number of benzene rings is 2. The van der Waals surface area contributed by atoms with Crippen LogP contribution in [0.2, 0.25) is 0 Å². The molecule has 3 aromatic rings. The highest BCUT2D eigenvalue weighted by Crippen LogP contribution is 2.35. The molecule has 1 aromatic heterocycles. The molecule has 138 valence electrons. The molecule has 0 spiro atoms. The van der Waals surface area contributed by atoms with Gasteiger partial charge in [-0.25, -0.2) is 0 Å². The first-order valence-corrected chi connectivity index (χ1v) is 10.4. The number of rotatable bonds is 5. The van der Waals surface area contributed by atoms with Crippen molar-refractivity contribution >= 4 is 22.4 Å². The van der Waals surface area contributed by atoms with Crippen molar-refractivity contribution in [2.75, 3.05) is 5.32 Å². The molecule has 0 radical (unpaired) electrons. The third-order valence-electron chi connectivity index (χ3n) is 5.15. The van der Waals surface area contributed by atoms with E-state index < -0.39 is 0 Å². The molecular formula is C22H23N3OS. The highest BCUT2D eigenvalue weighted by atomic mass is 32.1. The summed E-state index contributed by atoms with van der Waals surface area (Å²) in [7, 11) is 0. The van der Waals surface area contributed by atoms with E-state index in [0.717, 1.165) is 16.1 Å². The van der Waals surface area contributed by atoms with Gasteiger partial charge < -0.3 is 0 Å². The first-order chi connectivity index (χ1) is 13.3. The van der Waals surface area contributed by atoms with Gasteiger partial charge in [-0.3, -0.25) is 10.1 Å². The summed E-state index contributed by atoms with van der Waals surface area (Å²) in [6, 6.07) is 19.7. The second-order valence-corrected chi connectivity index (χ2v) is 8.03. The Morgan fingerprint density at radius 3 is 2.07 bits per heavy atom. The summed E-state index contributed by atoms with van der Waals surface area (Å²) in [5, 5.41) is 13.2. The van der Waals surface area contributed by atoms with Gasteiger partial charge in [-0.15, -0.1) is 10.2 Å². The Morgan fingerprint density at radius 1 is 0.889 bits per heavy atom. The number of hydrogen-bond donors (Lipinski definition) is 1. The van der Waals surface area contributed by atoms with Gasteiger partial charge in [0.25, 0.3) is 0 Å². The number of carbonyl (C=O) groups excluding carboxylic acids is 1. The fourth-order valence-electron chi connectivity index (χ4n) is 3.76. The number of anilines is 1. The predicted octanol–water partition coefficient (Wildman–Crippen LogP) is 5.36. The fourth-order valence-corrected chi connectivity index (χ4v) is 4.68. The SMILES string of the molecule is O=C(Nc1nnc(C2CCCCC2)s1)C(c1ccccc1)c1ccccc1. The summed E-state index contributed by atoms with van der Waals surface area (Å²) < 4.78 is 0. The Hall–Kier alpha value is -2.53. The molecule has 1 N–H and O–H groups in total. The third kappa shape index (κ3) is 4.25. The third-order valence-corrected chi connectivity index (χ3v) is 6.15. The van der Waals surface area contributed by atoms with Gasteiger partial charge in [0.1, 0.15) is 5.01 Å². The summed E-state index contributed by atoms with van der Waals surface area (Å²) >= 11 is 1.52. The van der Waals surface area contributed by atoms with E-state index >= 15 is 0 Å². The predicted molar refractivity (Wildman–Crippen MR) is 109 cm³/mol. The Kier molecular flexibility index (Phi) is 5.58. The second-order valence-electron chi connectivity index (χ2n) is 7.02. The van der Waals surface area contributed by atoms with Crippen LogP contribution in [-0.2, 0) is 4.79 Å². The normalized spacial score (nSPS) is 15.0. The Labute approximate surface area is 163 Å². The zero-order chi connectivity index (χ0) is 18.5. The van der Waals surface area contributed by atoms with Crippen LogP contribution in [0.5, 0.6) is 0 Å². The number of hydrogen-bond acceptors (Lipinski definition) is 4. The van der Waals surface area contributed by atoms with E-state index in [1.54, 1.807) is 0 Å². The number of nitrogens with zero attached hydrogens (tertiary/aromatic N) is 2. The monoisotopic (exact) mass is 377 g/mol. The van der Waals surface area contributed by atoms with Crippen molar-refractivity contribution in [3.63, 3.8) is 0 Å². The van der Waals surface area contributed by atoms with Crippen molar-refractivity contribution in [2.24, 2.45) is 0 Å². The minimum Gasteiger partial charge on any atom is -0.300 e. The summed E-state index contributed by atoms with van der Waals surface area (Å²) in [5.41, 5.74) is 1.94. The van der Waals surface area contributed by atoms with Crippen LogP contribution in [0.4, 0.5) is 5.13 Å². The van der Waals surface area contributed by atoms with Crippen molar-refractivity contribution in [2.45, 2.75) is 43.9 Å². The molecule has 1 aliphatic carbocycles. The minimum atomic E-state index is -0.366. The summed E-state index contributed by atoms with van der Waals surface area (Å²) in [4.78, 5) is 13.1. The quantitative estimate of drug-likeness (QED) is 0.651. The molecule has 4 nitrogen and oxygen atoms in total. The largest absolute Gasteiger partial charge is 0.300 e. The lowest BCUT2D eigenvalue weighted by atomic mass is 9.90. The van der Waals surface area contributed by atoms with Crippen molar-refractivity contribution in [3.05, 3.63) is 76.8 Å². The van der Waals surface area contributed by atoms with Crippen molar-refractivity contribution < 1.29 is 4.79 Å². The molecule has 0 bridgehead atoms. The highest BCUT2D eigenvalue weighted by Gasteiger charge is 2.25. The molecule has 1 heterocycles. The highest BCUT2D eigenvalue weighted by molar-refractivity contribution is 7.15. The van der Waals surface area contributed by atoms with E-state index in [9.17, 15) is 4.79 Å². The Balaban J connectivity index is 1.55. The van der Waals surface area contributed by atoms with Gasteiger partial charge in [-0.05, 0) is 24.0 Å². The number of aromatic nitrogens is 2. The summed E-state index contributed by atoms with van der Waals surface area (Å²) in [6.07, 6.45) is 6.19. The molecule has 0 aliphatic heterocycles. The van der Waals surface area contributed by atoms with Gasteiger partial charge in [0.2, 0.25) is 11.0 Å².